The second kappa shape index (κ2) is 2.95. The van der Waals surface area contributed by atoms with Gasteiger partial charge in [0, 0.05) is 12.4 Å². The summed E-state index contributed by atoms with van der Waals surface area (Å²) < 4.78 is 6.69. The van der Waals surface area contributed by atoms with Crippen molar-refractivity contribution in [1.82, 2.24) is 9.72 Å². The molecule has 2 heterocycles. The van der Waals surface area contributed by atoms with Gasteiger partial charge in [0.15, 0.2) is 5.52 Å². The quantitative estimate of drug-likeness (QED) is 0.575. The highest BCUT2D eigenvalue weighted by Crippen LogP contribution is 2.24. The van der Waals surface area contributed by atoms with E-state index >= 15 is 0 Å². The summed E-state index contributed by atoms with van der Waals surface area (Å²) in [5, 5.41) is 5.64. The van der Waals surface area contributed by atoms with E-state index in [1.807, 2.05) is 31.2 Å². The summed E-state index contributed by atoms with van der Waals surface area (Å²) in [5.41, 5.74) is 1.18. The number of nitrogens with zero attached hydrogens (tertiary/aromatic N) is 2. The molecule has 16 heavy (non-hydrogen) atoms. The molecular formula is C12H10N2O2. The minimum atomic E-state index is -0.120. The van der Waals surface area contributed by atoms with Gasteiger partial charge in [0.1, 0.15) is 5.76 Å². The Kier molecular flexibility index (Phi) is 1.68. The molecule has 0 radical (unpaired) electrons. The summed E-state index contributed by atoms with van der Waals surface area (Å²) in [6, 6.07) is 7.75. The van der Waals surface area contributed by atoms with Gasteiger partial charge in [0.2, 0.25) is 0 Å². The second-order valence-corrected chi connectivity index (χ2v) is 3.84. The molecular weight excluding hydrogens is 204 g/mol. The van der Waals surface area contributed by atoms with Crippen molar-refractivity contribution >= 4 is 21.8 Å². The molecule has 0 unspecified atom stereocenters. The maximum absolute atomic E-state index is 12.0. The van der Waals surface area contributed by atoms with E-state index in [9.17, 15) is 4.79 Å². The lowest BCUT2D eigenvalue weighted by Gasteiger charge is -2.04. The highest BCUT2D eigenvalue weighted by Gasteiger charge is 2.14. The largest absolute Gasteiger partial charge is 0.360 e. The van der Waals surface area contributed by atoms with Crippen LogP contribution >= 0.6 is 0 Å². The third-order valence-electron chi connectivity index (χ3n) is 2.90. The number of para-hydroxylation sites is 1. The van der Waals surface area contributed by atoms with Gasteiger partial charge < -0.3 is 9.09 Å². The number of rotatable bonds is 0. The second-order valence-electron chi connectivity index (χ2n) is 3.84. The molecule has 80 valence electrons. The van der Waals surface area contributed by atoms with Gasteiger partial charge in [-0.1, -0.05) is 23.4 Å². The van der Waals surface area contributed by atoms with Crippen molar-refractivity contribution in [2.45, 2.75) is 6.92 Å². The summed E-state index contributed by atoms with van der Waals surface area (Å²) in [7, 11) is 1.74. The molecule has 4 heteroatoms. The van der Waals surface area contributed by atoms with Gasteiger partial charge in [-0.2, -0.15) is 0 Å². The topological polar surface area (TPSA) is 48.0 Å². The lowest BCUT2D eigenvalue weighted by Crippen LogP contribution is -2.17. The fourth-order valence-corrected chi connectivity index (χ4v) is 2.08. The zero-order chi connectivity index (χ0) is 11.3. The molecule has 0 aliphatic heterocycles. The Balaban J connectivity index is 2.77. The molecule has 3 rings (SSSR count). The van der Waals surface area contributed by atoms with E-state index in [0.29, 0.717) is 11.3 Å². The van der Waals surface area contributed by atoms with Gasteiger partial charge in [0.25, 0.3) is 5.56 Å². The Hall–Kier alpha value is -2.10. The average Bonchev–Trinajstić information content (AvgIpc) is 2.69. The zero-order valence-corrected chi connectivity index (χ0v) is 9.02. The maximum Gasteiger partial charge on any atom is 0.280 e. The number of aryl methyl sites for hydroxylation is 2. The molecule has 0 aliphatic carbocycles. The van der Waals surface area contributed by atoms with Crippen LogP contribution in [0, 0.1) is 6.92 Å². The van der Waals surface area contributed by atoms with Gasteiger partial charge in [-0.3, -0.25) is 4.79 Å². The average molecular weight is 214 g/mol. The third kappa shape index (κ3) is 0.984. The van der Waals surface area contributed by atoms with Crippen LogP contribution in [0.5, 0.6) is 0 Å². The number of aromatic nitrogens is 2. The van der Waals surface area contributed by atoms with Crippen LogP contribution in [0.1, 0.15) is 5.76 Å². The molecule has 0 atom stereocenters. The number of fused-ring (bicyclic) bond motifs is 3. The van der Waals surface area contributed by atoms with Gasteiger partial charge >= 0.3 is 0 Å². The lowest BCUT2D eigenvalue weighted by atomic mass is 10.1. The van der Waals surface area contributed by atoms with Crippen LogP contribution in [0.2, 0.25) is 0 Å². The summed E-state index contributed by atoms with van der Waals surface area (Å²) in [6.07, 6.45) is 0. The first-order valence-corrected chi connectivity index (χ1v) is 5.04. The van der Waals surface area contributed by atoms with Crippen molar-refractivity contribution in [1.29, 1.82) is 0 Å². The fourth-order valence-electron chi connectivity index (χ4n) is 2.08. The maximum atomic E-state index is 12.0. The molecule has 3 aromatic rings. The molecule has 0 fully saturated rings. The third-order valence-corrected chi connectivity index (χ3v) is 2.90. The Morgan fingerprint density at radius 3 is 2.88 bits per heavy atom. The molecule has 0 saturated heterocycles. The lowest BCUT2D eigenvalue weighted by molar-refractivity contribution is 0.405. The Labute approximate surface area is 91.1 Å². The van der Waals surface area contributed by atoms with E-state index in [1.54, 1.807) is 11.6 Å². The standard InChI is InChI=1S/C12H10N2O2/c1-7-10-8-5-3-4-6-9(8)14(2)12(15)11(10)13-16-7/h3-6H,1-2H3. The van der Waals surface area contributed by atoms with E-state index in [4.69, 9.17) is 4.52 Å². The van der Waals surface area contributed by atoms with Gasteiger partial charge in [-0.05, 0) is 13.0 Å². The van der Waals surface area contributed by atoms with E-state index in [1.165, 1.54) is 0 Å². The molecule has 0 bridgehead atoms. The predicted molar refractivity (Wildman–Crippen MR) is 61.5 cm³/mol. The van der Waals surface area contributed by atoms with E-state index in [0.717, 1.165) is 16.3 Å². The molecule has 1 aromatic carbocycles. The smallest absolute Gasteiger partial charge is 0.280 e. The SMILES string of the molecule is Cc1onc2c(=O)n(C)c3ccccc3c12. The molecule has 0 aliphatic rings. The first kappa shape index (κ1) is 9.15. The number of hydrogen-bond donors (Lipinski definition) is 0. The van der Waals surface area contributed by atoms with Crippen molar-refractivity contribution in [3.63, 3.8) is 0 Å². The highest BCUT2D eigenvalue weighted by molar-refractivity contribution is 6.05. The molecule has 0 N–H and O–H groups in total. The number of hydrogen-bond acceptors (Lipinski definition) is 3. The van der Waals surface area contributed by atoms with Crippen LogP contribution < -0.4 is 5.56 Å². The minimum Gasteiger partial charge on any atom is -0.360 e. The van der Waals surface area contributed by atoms with Crippen molar-refractivity contribution < 1.29 is 4.52 Å². The first-order valence-electron chi connectivity index (χ1n) is 5.04. The molecule has 0 amide bonds. The fraction of sp³-hybridized carbons (Fsp3) is 0.167. The zero-order valence-electron chi connectivity index (χ0n) is 9.02. The van der Waals surface area contributed by atoms with E-state index < -0.39 is 0 Å². The molecule has 0 spiro atoms. The van der Waals surface area contributed by atoms with Crippen LogP contribution in [0.4, 0.5) is 0 Å². The van der Waals surface area contributed by atoms with Gasteiger partial charge in [-0.15, -0.1) is 0 Å². The van der Waals surface area contributed by atoms with Crippen LogP contribution in [0.3, 0.4) is 0 Å². The number of benzene rings is 1. The van der Waals surface area contributed by atoms with Crippen LogP contribution in [-0.4, -0.2) is 9.72 Å². The summed E-state index contributed by atoms with van der Waals surface area (Å²) in [6.45, 7) is 1.82. The summed E-state index contributed by atoms with van der Waals surface area (Å²) in [4.78, 5) is 12.0. The minimum absolute atomic E-state index is 0.120. The van der Waals surface area contributed by atoms with Crippen molar-refractivity contribution in [3.05, 3.63) is 40.4 Å². The monoisotopic (exact) mass is 214 g/mol. The van der Waals surface area contributed by atoms with Crippen LogP contribution in [0.25, 0.3) is 21.8 Å². The normalized spacial score (nSPS) is 11.4. The Bertz CT molecular complexity index is 753. The van der Waals surface area contributed by atoms with Gasteiger partial charge in [-0.25, -0.2) is 0 Å². The van der Waals surface area contributed by atoms with Crippen LogP contribution in [0.15, 0.2) is 33.6 Å². The van der Waals surface area contributed by atoms with Gasteiger partial charge in [0.05, 0.1) is 10.9 Å². The Morgan fingerprint density at radius 2 is 2.06 bits per heavy atom. The molecule has 4 nitrogen and oxygen atoms in total. The van der Waals surface area contributed by atoms with Crippen molar-refractivity contribution in [3.8, 4) is 0 Å². The van der Waals surface area contributed by atoms with E-state index in [-0.39, 0.29) is 5.56 Å². The summed E-state index contributed by atoms with van der Waals surface area (Å²) >= 11 is 0. The summed E-state index contributed by atoms with van der Waals surface area (Å²) in [5.74, 6) is 0.684. The Morgan fingerprint density at radius 1 is 1.31 bits per heavy atom. The number of pyridine rings is 1. The highest BCUT2D eigenvalue weighted by atomic mass is 16.5. The molecule has 2 aromatic heterocycles. The van der Waals surface area contributed by atoms with E-state index in [2.05, 4.69) is 5.16 Å². The predicted octanol–water partition coefficient (Wildman–Crippen LogP) is 1.99. The first-order chi connectivity index (χ1) is 7.70. The van der Waals surface area contributed by atoms with Crippen molar-refractivity contribution in [2.24, 2.45) is 7.05 Å². The molecule has 0 saturated carbocycles. The van der Waals surface area contributed by atoms with Crippen molar-refractivity contribution in [2.75, 3.05) is 0 Å². The van der Waals surface area contributed by atoms with Crippen LogP contribution in [-0.2, 0) is 7.05 Å².